The van der Waals surface area contributed by atoms with E-state index in [1.165, 1.54) is 11.3 Å². The molecule has 0 aliphatic rings. The summed E-state index contributed by atoms with van der Waals surface area (Å²) in [6.07, 6.45) is 0. The van der Waals surface area contributed by atoms with Crippen molar-refractivity contribution < 1.29 is 19.1 Å². The fourth-order valence-corrected chi connectivity index (χ4v) is 4.02. The molecule has 9 heteroatoms. The minimum Gasteiger partial charge on any atom is -0.490 e. The van der Waals surface area contributed by atoms with Crippen molar-refractivity contribution in [1.29, 1.82) is 0 Å². The Morgan fingerprint density at radius 2 is 1.49 bits per heavy atom. The molecule has 0 saturated heterocycles. The molecule has 1 heterocycles. The Labute approximate surface area is 206 Å². The number of amides is 2. The zero-order valence-electron chi connectivity index (χ0n) is 19.3. The highest BCUT2D eigenvalue weighted by atomic mass is 32.1. The van der Waals surface area contributed by atoms with E-state index in [0.717, 1.165) is 5.56 Å². The Morgan fingerprint density at radius 3 is 2.26 bits per heavy atom. The van der Waals surface area contributed by atoms with E-state index in [9.17, 15) is 9.59 Å². The van der Waals surface area contributed by atoms with Gasteiger partial charge in [-0.1, -0.05) is 47.7 Å². The second-order valence-electron chi connectivity index (χ2n) is 7.29. The van der Waals surface area contributed by atoms with Gasteiger partial charge in [0.05, 0.1) is 13.2 Å². The first kappa shape index (κ1) is 23.9. The third-order valence-electron chi connectivity index (χ3n) is 4.85. The number of anilines is 2. The summed E-state index contributed by atoms with van der Waals surface area (Å²) in [4.78, 5) is 25.6. The van der Waals surface area contributed by atoms with Gasteiger partial charge in [-0.05, 0) is 50.2 Å². The Hall–Kier alpha value is -4.24. The van der Waals surface area contributed by atoms with Crippen LogP contribution in [0.15, 0.2) is 72.8 Å². The highest BCUT2D eigenvalue weighted by Crippen LogP contribution is 2.29. The molecule has 4 rings (SSSR count). The Bertz CT molecular complexity index is 1320. The SMILES string of the molecule is CCOc1ccc(C(=O)Nc2cccc(C(=O)Nc3nnc(-c4ccccc4)s3)c2)cc1OCC. The number of nitrogens with zero attached hydrogens (tertiary/aromatic N) is 2. The summed E-state index contributed by atoms with van der Waals surface area (Å²) in [5.41, 5.74) is 2.20. The van der Waals surface area contributed by atoms with Crippen LogP contribution in [-0.2, 0) is 0 Å². The molecule has 1 aromatic heterocycles. The minimum absolute atomic E-state index is 0.330. The molecule has 178 valence electrons. The zero-order valence-corrected chi connectivity index (χ0v) is 20.1. The van der Waals surface area contributed by atoms with Gasteiger partial charge in [-0.2, -0.15) is 0 Å². The molecule has 0 fully saturated rings. The molecule has 0 aliphatic carbocycles. The maximum absolute atomic E-state index is 12.8. The molecule has 0 spiro atoms. The van der Waals surface area contributed by atoms with Gasteiger partial charge in [0, 0.05) is 22.4 Å². The molecule has 3 aromatic carbocycles. The molecule has 0 saturated carbocycles. The lowest BCUT2D eigenvalue weighted by molar-refractivity contribution is 0.101. The van der Waals surface area contributed by atoms with E-state index < -0.39 is 0 Å². The van der Waals surface area contributed by atoms with Crippen molar-refractivity contribution in [3.8, 4) is 22.1 Å². The van der Waals surface area contributed by atoms with E-state index in [1.807, 2.05) is 44.2 Å². The highest BCUT2D eigenvalue weighted by Gasteiger charge is 2.14. The second kappa shape index (κ2) is 11.3. The summed E-state index contributed by atoms with van der Waals surface area (Å²) < 4.78 is 11.1. The lowest BCUT2D eigenvalue weighted by Crippen LogP contribution is -2.15. The predicted molar refractivity (Wildman–Crippen MR) is 136 cm³/mol. The summed E-state index contributed by atoms with van der Waals surface area (Å²) in [7, 11) is 0. The Kier molecular flexibility index (Phi) is 7.69. The van der Waals surface area contributed by atoms with Crippen molar-refractivity contribution in [1.82, 2.24) is 10.2 Å². The first-order valence-corrected chi connectivity index (χ1v) is 11.9. The van der Waals surface area contributed by atoms with Gasteiger partial charge >= 0.3 is 0 Å². The van der Waals surface area contributed by atoms with Gasteiger partial charge in [-0.25, -0.2) is 0 Å². The van der Waals surface area contributed by atoms with Gasteiger partial charge in [-0.3, -0.25) is 14.9 Å². The van der Waals surface area contributed by atoms with Crippen molar-refractivity contribution in [2.45, 2.75) is 13.8 Å². The molecule has 0 radical (unpaired) electrons. The number of rotatable bonds is 9. The van der Waals surface area contributed by atoms with Crippen molar-refractivity contribution in [2.75, 3.05) is 23.8 Å². The molecular weight excluding hydrogens is 464 g/mol. The third-order valence-corrected chi connectivity index (χ3v) is 5.74. The van der Waals surface area contributed by atoms with E-state index in [-0.39, 0.29) is 11.8 Å². The van der Waals surface area contributed by atoms with Crippen molar-refractivity contribution in [3.05, 3.63) is 83.9 Å². The van der Waals surface area contributed by atoms with Gasteiger partial charge in [0.15, 0.2) is 11.5 Å². The van der Waals surface area contributed by atoms with Gasteiger partial charge in [0.25, 0.3) is 11.8 Å². The largest absolute Gasteiger partial charge is 0.490 e. The second-order valence-corrected chi connectivity index (χ2v) is 8.27. The maximum Gasteiger partial charge on any atom is 0.257 e. The van der Waals surface area contributed by atoms with Crippen molar-refractivity contribution >= 4 is 34.0 Å². The molecule has 0 aliphatic heterocycles. The number of ether oxygens (including phenoxy) is 2. The summed E-state index contributed by atoms with van der Waals surface area (Å²) in [5, 5.41) is 14.9. The van der Waals surface area contributed by atoms with Gasteiger partial charge < -0.3 is 14.8 Å². The monoisotopic (exact) mass is 488 g/mol. The number of hydrogen-bond acceptors (Lipinski definition) is 7. The van der Waals surface area contributed by atoms with Crippen LogP contribution in [0.3, 0.4) is 0 Å². The lowest BCUT2D eigenvalue weighted by Gasteiger charge is -2.13. The average molecular weight is 489 g/mol. The van der Waals surface area contributed by atoms with Gasteiger partial charge in [-0.15, -0.1) is 10.2 Å². The van der Waals surface area contributed by atoms with E-state index in [4.69, 9.17) is 9.47 Å². The van der Waals surface area contributed by atoms with Gasteiger partial charge in [0.2, 0.25) is 5.13 Å². The number of benzene rings is 3. The lowest BCUT2D eigenvalue weighted by atomic mass is 10.1. The average Bonchev–Trinajstić information content (AvgIpc) is 3.34. The summed E-state index contributed by atoms with van der Waals surface area (Å²) in [6.45, 7) is 4.69. The van der Waals surface area contributed by atoms with Crippen LogP contribution in [0.2, 0.25) is 0 Å². The fraction of sp³-hybridized carbons (Fsp3) is 0.154. The standard InChI is InChI=1S/C26H24N4O4S/c1-3-33-21-14-13-19(16-22(21)34-4-2)23(31)27-20-12-8-11-18(15-20)24(32)28-26-30-29-25(35-26)17-9-6-5-7-10-17/h5-16H,3-4H2,1-2H3,(H,27,31)(H,28,30,32). The number of aromatic nitrogens is 2. The van der Waals surface area contributed by atoms with E-state index in [2.05, 4.69) is 20.8 Å². The molecular formula is C26H24N4O4S. The van der Waals surface area contributed by atoms with E-state index in [1.54, 1.807) is 42.5 Å². The molecule has 35 heavy (non-hydrogen) atoms. The first-order chi connectivity index (χ1) is 17.1. The van der Waals surface area contributed by atoms with Crippen molar-refractivity contribution in [3.63, 3.8) is 0 Å². The number of nitrogens with one attached hydrogen (secondary N) is 2. The van der Waals surface area contributed by atoms with Crippen LogP contribution >= 0.6 is 11.3 Å². The summed E-state index contributed by atoms with van der Waals surface area (Å²) >= 11 is 1.28. The summed E-state index contributed by atoms with van der Waals surface area (Å²) in [6, 6.07) is 21.3. The van der Waals surface area contributed by atoms with Crippen LogP contribution in [0, 0.1) is 0 Å². The number of hydrogen-bond donors (Lipinski definition) is 2. The van der Waals surface area contributed by atoms with Crippen LogP contribution in [0.4, 0.5) is 10.8 Å². The van der Waals surface area contributed by atoms with Crippen LogP contribution in [0.1, 0.15) is 34.6 Å². The molecule has 0 bridgehead atoms. The van der Waals surface area contributed by atoms with Crippen LogP contribution in [0.5, 0.6) is 11.5 Å². The van der Waals surface area contributed by atoms with Crippen LogP contribution in [0.25, 0.3) is 10.6 Å². The third kappa shape index (κ3) is 6.01. The molecule has 0 atom stereocenters. The van der Waals surface area contributed by atoms with E-state index in [0.29, 0.717) is 51.7 Å². The Balaban J connectivity index is 1.44. The van der Waals surface area contributed by atoms with Crippen molar-refractivity contribution in [2.24, 2.45) is 0 Å². The van der Waals surface area contributed by atoms with Crippen LogP contribution < -0.4 is 20.1 Å². The number of carbonyl (C=O) groups is 2. The smallest absolute Gasteiger partial charge is 0.257 e. The van der Waals surface area contributed by atoms with Crippen LogP contribution in [-0.4, -0.2) is 35.2 Å². The van der Waals surface area contributed by atoms with E-state index >= 15 is 0 Å². The van der Waals surface area contributed by atoms with Gasteiger partial charge in [0.1, 0.15) is 5.01 Å². The molecule has 0 unspecified atom stereocenters. The first-order valence-electron chi connectivity index (χ1n) is 11.1. The fourth-order valence-electron chi connectivity index (χ4n) is 3.27. The Morgan fingerprint density at radius 1 is 0.771 bits per heavy atom. The quantitative estimate of drug-likeness (QED) is 0.322. The maximum atomic E-state index is 12.8. The molecule has 2 amide bonds. The topological polar surface area (TPSA) is 102 Å². The molecule has 4 aromatic rings. The number of carbonyl (C=O) groups excluding carboxylic acids is 2. The summed E-state index contributed by atoms with van der Waals surface area (Å²) in [5.74, 6) is 0.401. The normalized spacial score (nSPS) is 10.5. The molecule has 8 nitrogen and oxygen atoms in total. The zero-order chi connectivity index (χ0) is 24.6. The highest BCUT2D eigenvalue weighted by molar-refractivity contribution is 7.18. The molecule has 2 N–H and O–H groups in total. The predicted octanol–water partition coefficient (Wildman–Crippen LogP) is 5.51. The minimum atomic E-state index is -0.350.